The minimum atomic E-state index is 1.28. The molecule has 0 heterocycles. The molecule has 1 rings (SSSR count). The van der Waals surface area contributed by atoms with E-state index in [1.807, 2.05) is 0 Å². The average Bonchev–Trinajstić information content (AvgIpc) is 2.14. The summed E-state index contributed by atoms with van der Waals surface area (Å²) in [6, 6.07) is 0. The lowest BCUT2D eigenvalue weighted by Crippen LogP contribution is -1.92. The second kappa shape index (κ2) is 2.43. The van der Waals surface area contributed by atoms with Gasteiger partial charge in [-0.25, -0.2) is 0 Å². The van der Waals surface area contributed by atoms with Gasteiger partial charge in [0.2, 0.25) is 0 Å². The minimum Gasteiger partial charge on any atom is -0.115 e. The predicted molar refractivity (Wildman–Crippen MR) is 42.2 cm³/mol. The molecule has 0 saturated heterocycles. The van der Waals surface area contributed by atoms with Crippen LogP contribution in [0.15, 0.2) is 11.0 Å². The first-order valence-electron chi connectivity index (χ1n) is 3.52. The highest BCUT2D eigenvalue weighted by Crippen LogP contribution is 2.23. The molecule has 1 aliphatic rings. The number of allylic oxidation sites excluding steroid dienone is 2. The van der Waals surface area contributed by atoms with Gasteiger partial charge in [0.1, 0.15) is 7.17 Å². The number of hydrogen-bond donors (Lipinski definition) is 0. The quantitative estimate of drug-likeness (QED) is 0.425. The molecule has 0 aliphatic heterocycles. The Morgan fingerprint density at radius 1 is 1.50 bits per heavy atom. The van der Waals surface area contributed by atoms with Gasteiger partial charge in [-0.3, -0.25) is 0 Å². The van der Waals surface area contributed by atoms with Crippen molar-refractivity contribution in [2.24, 2.45) is 0 Å². The Labute approximate surface area is 53.0 Å². The minimum absolute atomic E-state index is 1.28. The molecule has 0 radical (unpaired) electrons. The monoisotopic (exact) mass is 106 g/mol. The van der Waals surface area contributed by atoms with Crippen molar-refractivity contribution in [3.05, 3.63) is 11.0 Å². The largest absolute Gasteiger partial charge is 0.115 e. The van der Waals surface area contributed by atoms with E-state index >= 15 is 0 Å². The predicted octanol–water partition coefficient (Wildman–Crippen LogP) is 0.429. The van der Waals surface area contributed by atoms with Crippen LogP contribution in [0.3, 0.4) is 0 Å². The van der Waals surface area contributed by atoms with E-state index in [0.29, 0.717) is 0 Å². The van der Waals surface area contributed by atoms with E-state index in [1.54, 1.807) is 11.0 Å². The summed E-state index contributed by atoms with van der Waals surface area (Å²) >= 11 is 0. The maximum absolute atomic E-state index is 2.27. The van der Waals surface area contributed by atoms with E-state index in [9.17, 15) is 0 Å². The Hall–Kier alpha value is -0.130. The maximum atomic E-state index is 2.27. The van der Waals surface area contributed by atoms with Crippen molar-refractivity contribution in [1.82, 2.24) is 0 Å². The van der Waals surface area contributed by atoms with Crippen molar-refractivity contribution in [2.75, 3.05) is 0 Å². The summed E-state index contributed by atoms with van der Waals surface area (Å²) in [5.74, 6) is 0. The molecule has 2 heteroatoms. The summed E-state index contributed by atoms with van der Waals surface area (Å²) in [7, 11) is 3.54. The van der Waals surface area contributed by atoms with Gasteiger partial charge in [0, 0.05) is 0 Å². The fraction of sp³-hybridized carbons (Fsp3) is 0.667. The number of hydrogen-bond acceptors (Lipinski definition) is 0. The van der Waals surface area contributed by atoms with Gasteiger partial charge in [-0.1, -0.05) is 5.57 Å². The summed E-state index contributed by atoms with van der Waals surface area (Å²) in [5.41, 5.74) is 3.37. The third-order valence-corrected chi connectivity index (χ3v) is 2.06. The van der Waals surface area contributed by atoms with Crippen LogP contribution in [-0.4, -0.2) is 14.9 Å². The first-order valence-corrected chi connectivity index (χ1v) is 3.52. The van der Waals surface area contributed by atoms with Crippen LogP contribution >= 0.6 is 0 Å². The summed E-state index contributed by atoms with van der Waals surface area (Å²) < 4.78 is 0. The van der Waals surface area contributed by atoms with Gasteiger partial charge < -0.3 is 0 Å². The molecule has 0 aromatic carbocycles. The normalized spacial score (nSPS) is 19.6. The molecule has 0 spiro atoms. The Morgan fingerprint density at radius 3 is 2.50 bits per heavy atom. The highest BCUT2D eigenvalue weighted by Gasteiger charge is 2.07. The maximum Gasteiger partial charge on any atom is 0.113 e. The summed E-state index contributed by atoms with van der Waals surface area (Å²) in [5, 5.41) is 0. The van der Waals surface area contributed by atoms with E-state index < -0.39 is 0 Å². The Balaban J connectivity index is 2.58. The van der Waals surface area contributed by atoms with Gasteiger partial charge in [0.25, 0.3) is 0 Å². The molecule has 0 saturated carbocycles. The fourth-order valence-corrected chi connectivity index (χ4v) is 1.44. The highest BCUT2D eigenvalue weighted by atomic mass is 14.1. The molecule has 0 N–H and O–H groups in total. The Kier molecular flexibility index (Phi) is 1.82. The van der Waals surface area contributed by atoms with E-state index in [0.717, 1.165) is 0 Å². The summed E-state index contributed by atoms with van der Waals surface area (Å²) in [4.78, 5) is 0. The molecule has 0 aromatic heterocycles. The van der Waals surface area contributed by atoms with Crippen molar-refractivity contribution in [3.63, 3.8) is 0 Å². The highest BCUT2D eigenvalue weighted by molar-refractivity contribution is 6.93. The fourth-order valence-electron chi connectivity index (χ4n) is 1.44. The lowest BCUT2D eigenvalue weighted by Gasteiger charge is -1.93. The van der Waals surface area contributed by atoms with Crippen molar-refractivity contribution in [2.45, 2.75) is 26.2 Å². The molecule has 0 unspecified atom stereocenters. The molecule has 0 nitrogen and oxygen atoms in total. The van der Waals surface area contributed by atoms with Gasteiger partial charge in [-0.2, -0.15) is 0 Å². The third-order valence-electron chi connectivity index (χ3n) is 2.06. The molecule has 0 bridgehead atoms. The molecular weight excluding hydrogens is 93.7 g/mol. The van der Waals surface area contributed by atoms with E-state index in [-0.39, 0.29) is 0 Å². The number of rotatable bonds is 1. The van der Waals surface area contributed by atoms with Gasteiger partial charge in [-0.15, -0.1) is 5.47 Å². The van der Waals surface area contributed by atoms with E-state index in [1.165, 1.54) is 26.4 Å². The summed E-state index contributed by atoms with van der Waals surface area (Å²) in [6.07, 6.45) is 4.15. The molecule has 42 valence electrons. The van der Waals surface area contributed by atoms with Gasteiger partial charge in [0.15, 0.2) is 0 Å². The third kappa shape index (κ3) is 0.988. The van der Waals surface area contributed by atoms with Crippen molar-refractivity contribution < 1.29 is 0 Å². The van der Waals surface area contributed by atoms with Gasteiger partial charge >= 0.3 is 0 Å². The van der Waals surface area contributed by atoms with E-state index in [4.69, 9.17) is 0 Å². The molecule has 8 heavy (non-hydrogen) atoms. The second-order valence-electron chi connectivity index (χ2n) is 2.59. The van der Waals surface area contributed by atoms with Crippen LogP contribution < -0.4 is 0 Å². The van der Waals surface area contributed by atoms with Crippen LogP contribution in [0.1, 0.15) is 26.2 Å². The van der Waals surface area contributed by atoms with E-state index in [2.05, 4.69) is 14.7 Å². The standard InChI is InChI=1S/C6H12B2/c1-5-3-2-4-6(5)8-7/h8H,2-4,7H2,1H3. The lowest BCUT2D eigenvalue weighted by molar-refractivity contribution is 0.903. The van der Waals surface area contributed by atoms with Crippen LogP contribution in [0.5, 0.6) is 0 Å². The average molecular weight is 106 g/mol. The molecule has 0 fully saturated rings. The van der Waals surface area contributed by atoms with Crippen LogP contribution in [-0.2, 0) is 0 Å². The molecule has 0 atom stereocenters. The Bertz CT molecular complexity index is 116. The van der Waals surface area contributed by atoms with Crippen LogP contribution in [0.2, 0.25) is 0 Å². The summed E-state index contributed by atoms with van der Waals surface area (Å²) in [6.45, 7) is 2.27. The Morgan fingerprint density at radius 2 is 2.25 bits per heavy atom. The second-order valence-corrected chi connectivity index (χ2v) is 2.59. The van der Waals surface area contributed by atoms with Gasteiger partial charge in [-0.05, 0) is 26.2 Å². The van der Waals surface area contributed by atoms with Crippen molar-refractivity contribution in [1.29, 1.82) is 0 Å². The zero-order valence-electron chi connectivity index (χ0n) is 5.83. The SMILES string of the molecule is BBC1=C(C)CCC1. The zero-order valence-corrected chi connectivity index (χ0v) is 5.83. The topological polar surface area (TPSA) is 0 Å². The van der Waals surface area contributed by atoms with Crippen molar-refractivity contribution >= 4 is 14.9 Å². The smallest absolute Gasteiger partial charge is 0.113 e. The molecular formula is C6H12B2. The van der Waals surface area contributed by atoms with Crippen LogP contribution in [0.25, 0.3) is 0 Å². The zero-order chi connectivity index (χ0) is 5.98. The van der Waals surface area contributed by atoms with Crippen LogP contribution in [0, 0.1) is 0 Å². The van der Waals surface area contributed by atoms with Crippen LogP contribution in [0.4, 0.5) is 0 Å². The molecule has 0 aromatic rings. The lowest BCUT2D eigenvalue weighted by atomic mass is 9.50. The molecule has 1 aliphatic carbocycles. The first kappa shape index (κ1) is 6.00. The first-order chi connectivity index (χ1) is 3.84. The van der Waals surface area contributed by atoms with Gasteiger partial charge in [0.05, 0.1) is 7.74 Å². The molecule has 0 amide bonds. The van der Waals surface area contributed by atoms with Crippen molar-refractivity contribution in [3.8, 4) is 0 Å².